The molecule has 0 unspecified atom stereocenters. The molecule has 0 aliphatic heterocycles. The van der Waals surface area contributed by atoms with E-state index in [1.165, 1.54) is 0 Å². The van der Waals surface area contributed by atoms with Crippen LogP contribution in [0.3, 0.4) is 0 Å². The van der Waals surface area contributed by atoms with Crippen LogP contribution in [0.2, 0.25) is 0 Å². The molecule has 0 aromatic rings. The summed E-state index contributed by atoms with van der Waals surface area (Å²) in [5.41, 5.74) is 0. The standard InChI is InChI=1S/C6H14N2/c1-6(2)8-5-4-7-3/h4-8H,1-3H3/b5-4+. The molecular weight excluding hydrogens is 100 g/mol. The molecule has 2 nitrogen and oxygen atoms in total. The monoisotopic (exact) mass is 114 g/mol. The first-order valence-electron chi connectivity index (χ1n) is 2.85. The molecule has 0 heterocycles. The van der Waals surface area contributed by atoms with Crippen molar-refractivity contribution in [3.8, 4) is 0 Å². The van der Waals surface area contributed by atoms with Gasteiger partial charge in [-0.05, 0) is 13.8 Å². The van der Waals surface area contributed by atoms with Crippen LogP contribution in [0.25, 0.3) is 0 Å². The van der Waals surface area contributed by atoms with Gasteiger partial charge in [-0.1, -0.05) is 0 Å². The maximum absolute atomic E-state index is 3.10. The van der Waals surface area contributed by atoms with Crippen molar-refractivity contribution < 1.29 is 0 Å². The third kappa shape index (κ3) is 5.34. The molecule has 0 radical (unpaired) electrons. The second-order valence-electron chi connectivity index (χ2n) is 1.94. The van der Waals surface area contributed by atoms with Crippen molar-refractivity contribution in [1.82, 2.24) is 10.6 Å². The van der Waals surface area contributed by atoms with E-state index in [1.54, 1.807) is 0 Å². The van der Waals surface area contributed by atoms with Gasteiger partial charge < -0.3 is 10.6 Å². The van der Waals surface area contributed by atoms with Crippen LogP contribution in [0.4, 0.5) is 0 Å². The molecular formula is C6H14N2. The Hall–Kier alpha value is -0.660. The summed E-state index contributed by atoms with van der Waals surface area (Å²) < 4.78 is 0. The molecule has 0 aromatic carbocycles. The second-order valence-corrected chi connectivity index (χ2v) is 1.94. The second kappa shape index (κ2) is 4.50. The van der Waals surface area contributed by atoms with Gasteiger partial charge in [-0.15, -0.1) is 0 Å². The van der Waals surface area contributed by atoms with Crippen molar-refractivity contribution in [2.45, 2.75) is 19.9 Å². The minimum absolute atomic E-state index is 0.527. The van der Waals surface area contributed by atoms with E-state index in [-0.39, 0.29) is 0 Å². The molecule has 2 heteroatoms. The van der Waals surface area contributed by atoms with Gasteiger partial charge in [0, 0.05) is 25.5 Å². The van der Waals surface area contributed by atoms with Gasteiger partial charge in [-0.25, -0.2) is 0 Å². The zero-order valence-corrected chi connectivity index (χ0v) is 5.73. The maximum atomic E-state index is 3.10. The van der Waals surface area contributed by atoms with E-state index >= 15 is 0 Å². The Labute approximate surface area is 51.0 Å². The molecule has 0 spiro atoms. The molecule has 0 saturated carbocycles. The van der Waals surface area contributed by atoms with Gasteiger partial charge >= 0.3 is 0 Å². The van der Waals surface area contributed by atoms with Gasteiger partial charge in [0.25, 0.3) is 0 Å². The van der Waals surface area contributed by atoms with Crippen LogP contribution in [-0.4, -0.2) is 13.1 Å². The van der Waals surface area contributed by atoms with Crippen molar-refractivity contribution >= 4 is 0 Å². The average molecular weight is 114 g/mol. The summed E-state index contributed by atoms with van der Waals surface area (Å²) in [4.78, 5) is 0. The van der Waals surface area contributed by atoms with Crippen molar-refractivity contribution in [2.24, 2.45) is 0 Å². The lowest BCUT2D eigenvalue weighted by atomic mass is 10.4. The van der Waals surface area contributed by atoms with Crippen molar-refractivity contribution in [2.75, 3.05) is 7.05 Å². The van der Waals surface area contributed by atoms with E-state index in [0.717, 1.165) is 0 Å². The molecule has 0 fully saturated rings. The molecule has 0 aliphatic carbocycles. The molecule has 0 atom stereocenters. The quantitative estimate of drug-likeness (QED) is 0.563. The van der Waals surface area contributed by atoms with Gasteiger partial charge in [0.1, 0.15) is 0 Å². The van der Waals surface area contributed by atoms with Crippen molar-refractivity contribution in [3.63, 3.8) is 0 Å². The van der Waals surface area contributed by atoms with E-state index in [9.17, 15) is 0 Å². The third-order valence-electron chi connectivity index (χ3n) is 0.680. The first-order chi connectivity index (χ1) is 3.77. The number of hydrogen-bond acceptors (Lipinski definition) is 2. The lowest BCUT2D eigenvalue weighted by molar-refractivity contribution is 0.699. The highest BCUT2D eigenvalue weighted by molar-refractivity contribution is 4.76. The van der Waals surface area contributed by atoms with E-state index < -0.39 is 0 Å². The summed E-state index contributed by atoms with van der Waals surface area (Å²) in [7, 11) is 1.87. The molecule has 0 rings (SSSR count). The number of hydrogen-bond donors (Lipinski definition) is 2. The highest BCUT2D eigenvalue weighted by Crippen LogP contribution is 1.73. The molecule has 8 heavy (non-hydrogen) atoms. The van der Waals surface area contributed by atoms with E-state index in [2.05, 4.69) is 24.5 Å². The molecule has 0 saturated heterocycles. The lowest BCUT2D eigenvalue weighted by Crippen LogP contribution is -2.16. The number of rotatable bonds is 3. The Balaban J connectivity index is 3.03. The zero-order chi connectivity index (χ0) is 6.41. The van der Waals surface area contributed by atoms with Crippen LogP contribution in [-0.2, 0) is 0 Å². The van der Waals surface area contributed by atoms with E-state index in [1.807, 2.05) is 19.4 Å². The van der Waals surface area contributed by atoms with Crippen LogP contribution in [0.1, 0.15) is 13.8 Å². The van der Waals surface area contributed by atoms with Gasteiger partial charge in [-0.3, -0.25) is 0 Å². The first-order valence-corrected chi connectivity index (χ1v) is 2.85. The predicted molar refractivity (Wildman–Crippen MR) is 36.5 cm³/mol. The fraction of sp³-hybridized carbons (Fsp3) is 0.667. The Morgan fingerprint density at radius 3 is 2.25 bits per heavy atom. The Morgan fingerprint density at radius 1 is 1.25 bits per heavy atom. The topological polar surface area (TPSA) is 24.1 Å². The van der Waals surface area contributed by atoms with Gasteiger partial charge in [0.2, 0.25) is 0 Å². The van der Waals surface area contributed by atoms with Gasteiger partial charge in [-0.2, -0.15) is 0 Å². The predicted octanol–water partition coefficient (Wildman–Crippen LogP) is 0.675. The Kier molecular flexibility index (Phi) is 4.13. The summed E-state index contributed by atoms with van der Waals surface area (Å²) in [6.45, 7) is 4.19. The zero-order valence-electron chi connectivity index (χ0n) is 5.73. The largest absolute Gasteiger partial charge is 0.393 e. The van der Waals surface area contributed by atoms with Gasteiger partial charge in [0.05, 0.1) is 0 Å². The molecule has 48 valence electrons. The summed E-state index contributed by atoms with van der Waals surface area (Å²) in [5.74, 6) is 0. The fourth-order valence-electron chi connectivity index (χ4n) is 0.324. The smallest absolute Gasteiger partial charge is 0.0199 e. The first kappa shape index (κ1) is 7.34. The van der Waals surface area contributed by atoms with Crippen LogP contribution in [0.5, 0.6) is 0 Å². The molecule has 0 amide bonds. The molecule has 0 aliphatic rings. The summed E-state index contributed by atoms with van der Waals surface area (Å²) in [6, 6.07) is 0.527. The minimum Gasteiger partial charge on any atom is -0.393 e. The molecule has 2 N–H and O–H groups in total. The van der Waals surface area contributed by atoms with Crippen LogP contribution in [0.15, 0.2) is 12.4 Å². The van der Waals surface area contributed by atoms with Crippen molar-refractivity contribution in [1.29, 1.82) is 0 Å². The van der Waals surface area contributed by atoms with Crippen LogP contribution in [0, 0.1) is 0 Å². The summed E-state index contributed by atoms with van der Waals surface area (Å²) >= 11 is 0. The van der Waals surface area contributed by atoms with Crippen LogP contribution >= 0.6 is 0 Å². The molecule has 0 bridgehead atoms. The average Bonchev–Trinajstić information content (AvgIpc) is 1.66. The van der Waals surface area contributed by atoms with Crippen LogP contribution < -0.4 is 10.6 Å². The summed E-state index contributed by atoms with van der Waals surface area (Å²) in [5, 5.41) is 5.98. The normalized spacial score (nSPS) is 10.5. The lowest BCUT2D eigenvalue weighted by Gasteiger charge is -2.01. The summed E-state index contributed by atoms with van der Waals surface area (Å²) in [6.07, 6.45) is 3.75. The number of nitrogens with one attached hydrogen (secondary N) is 2. The Morgan fingerprint density at radius 2 is 1.88 bits per heavy atom. The fourth-order valence-corrected chi connectivity index (χ4v) is 0.324. The SMILES string of the molecule is CN/C=C/NC(C)C. The van der Waals surface area contributed by atoms with E-state index in [4.69, 9.17) is 0 Å². The minimum atomic E-state index is 0.527. The Bertz CT molecular complexity index is 66.9. The molecule has 0 aromatic heterocycles. The van der Waals surface area contributed by atoms with Gasteiger partial charge in [0.15, 0.2) is 0 Å². The highest BCUT2D eigenvalue weighted by Gasteiger charge is 1.80. The maximum Gasteiger partial charge on any atom is 0.0199 e. The highest BCUT2D eigenvalue weighted by atomic mass is 14.9. The third-order valence-corrected chi connectivity index (χ3v) is 0.680. The van der Waals surface area contributed by atoms with Crippen molar-refractivity contribution in [3.05, 3.63) is 12.4 Å². The van der Waals surface area contributed by atoms with E-state index in [0.29, 0.717) is 6.04 Å².